The summed E-state index contributed by atoms with van der Waals surface area (Å²) in [5.41, 5.74) is 2.39. The summed E-state index contributed by atoms with van der Waals surface area (Å²) >= 11 is 1.44. The first-order valence-corrected chi connectivity index (χ1v) is 13.3. The summed E-state index contributed by atoms with van der Waals surface area (Å²) in [5.74, 6) is 0.0877. The number of fused-ring (bicyclic) bond motifs is 1. The first-order valence-electron chi connectivity index (χ1n) is 12.5. The minimum absolute atomic E-state index is 0.0300. The second-order valence-electron chi connectivity index (χ2n) is 9.44. The number of rotatable bonds is 6. The van der Waals surface area contributed by atoms with Gasteiger partial charge in [0.15, 0.2) is 0 Å². The fraction of sp³-hybridized carbons (Fsp3) is 0.321. The molecule has 1 aliphatic carbocycles. The molecule has 4 aromatic rings. The Kier molecular flexibility index (Phi) is 6.78. The van der Waals surface area contributed by atoms with Crippen molar-refractivity contribution in [2.75, 3.05) is 5.32 Å². The van der Waals surface area contributed by atoms with Crippen LogP contribution in [0.5, 0.6) is 5.75 Å². The number of hydrogen-bond acceptors (Lipinski definition) is 5. The lowest BCUT2D eigenvalue weighted by molar-refractivity contribution is 0.103. The first-order chi connectivity index (χ1) is 17.4. The summed E-state index contributed by atoms with van der Waals surface area (Å²) in [6.45, 7) is 3.99. The van der Waals surface area contributed by atoms with Crippen LogP contribution >= 0.6 is 11.3 Å². The number of hydrogen-bond donors (Lipinski definition) is 3. The first kappa shape index (κ1) is 24.1. The molecule has 3 N–H and O–H groups in total. The van der Waals surface area contributed by atoms with E-state index in [1.54, 1.807) is 18.2 Å². The summed E-state index contributed by atoms with van der Waals surface area (Å²) in [6.07, 6.45) is 5.10. The van der Waals surface area contributed by atoms with Crippen molar-refractivity contribution < 1.29 is 14.7 Å². The van der Waals surface area contributed by atoms with E-state index in [0.717, 1.165) is 47.9 Å². The van der Waals surface area contributed by atoms with Gasteiger partial charge in [0.1, 0.15) is 5.75 Å². The Morgan fingerprint density at radius 2 is 1.92 bits per heavy atom. The molecule has 2 heterocycles. The Labute approximate surface area is 214 Å². The predicted molar refractivity (Wildman–Crippen MR) is 144 cm³/mol. The Bertz CT molecular complexity index is 1380. The van der Waals surface area contributed by atoms with Crippen molar-refractivity contribution in [2.45, 2.75) is 57.9 Å². The molecule has 5 rings (SSSR count). The monoisotopic (exact) mass is 502 g/mol. The van der Waals surface area contributed by atoms with Gasteiger partial charge in [-0.05, 0) is 68.0 Å². The van der Waals surface area contributed by atoms with Crippen LogP contribution in [0.1, 0.15) is 67.2 Å². The van der Waals surface area contributed by atoms with Crippen molar-refractivity contribution in [1.82, 2.24) is 15.1 Å². The molecule has 186 valence electrons. The molecule has 1 saturated carbocycles. The van der Waals surface area contributed by atoms with Crippen LogP contribution in [-0.4, -0.2) is 32.9 Å². The maximum Gasteiger partial charge on any atom is 0.342 e. The van der Waals surface area contributed by atoms with E-state index in [-0.39, 0.29) is 29.6 Å². The molecule has 1 unspecified atom stereocenters. The molecule has 2 aromatic carbocycles. The fourth-order valence-corrected chi connectivity index (χ4v) is 5.64. The number of benzene rings is 2. The molecule has 0 bridgehead atoms. The van der Waals surface area contributed by atoms with Gasteiger partial charge < -0.3 is 15.7 Å². The van der Waals surface area contributed by atoms with E-state index >= 15 is 0 Å². The lowest BCUT2D eigenvalue weighted by atomic mass is 10.0. The summed E-state index contributed by atoms with van der Waals surface area (Å²) in [4.78, 5) is 26.6. The second-order valence-corrected chi connectivity index (χ2v) is 10.5. The molecule has 36 heavy (non-hydrogen) atoms. The minimum atomic E-state index is -0.258. The molecular formula is C28H30N4O3S. The molecular weight excluding hydrogens is 472 g/mol. The van der Waals surface area contributed by atoms with Gasteiger partial charge in [0.05, 0.1) is 16.3 Å². The van der Waals surface area contributed by atoms with E-state index in [0.29, 0.717) is 21.8 Å². The number of aromatic hydroxyl groups is 1. The average Bonchev–Trinajstić information content (AvgIpc) is 3.64. The maximum atomic E-state index is 13.0. The summed E-state index contributed by atoms with van der Waals surface area (Å²) in [7, 11) is 0. The smallest absolute Gasteiger partial charge is 0.342 e. The lowest BCUT2D eigenvalue weighted by Gasteiger charge is -2.15. The van der Waals surface area contributed by atoms with E-state index in [4.69, 9.17) is 0 Å². The number of aromatic nitrogens is 2. The maximum absolute atomic E-state index is 13.0. The Morgan fingerprint density at radius 3 is 2.67 bits per heavy atom. The number of amides is 2. The summed E-state index contributed by atoms with van der Waals surface area (Å²) in [5, 5.41) is 22.2. The highest BCUT2D eigenvalue weighted by molar-refractivity contribution is 7.20. The van der Waals surface area contributed by atoms with Crippen molar-refractivity contribution >= 4 is 39.0 Å². The van der Waals surface area contributed by atoms with E-state index in [2.05, 4.69) is 15.7 Å². The van der Waals surface area contributed by atoms with E-state index < -0.39 is 0 Å². The molecule has 0 spiro atoms. The van der Waals surface area contributed by atoms with Crippen LogP contribution in [0.25, 0.3) is 21.3 Å². The van der Waals surface area contributed by atoms with Gasteiger partial charge in [0.25, 0.3) is 5.91 Å². The highest BCUT2D eigenvalue weighted by Gasteiger charge is 2.26. The van der Waals surface area contributed by atoms with Crippen LogP contribution in [0, 0.1) is 0 Å². The molecule has 2 aromatic heterocycles. The fourth-order valence-electron chi connectivity index (χ4n) is 4.68. The average molecular weight is 503 g/mol. The molecule has 0 radical (unpaired) electrons. The van der Waals surface area contributed by atoms with Crippen LogP contribution < -0.4 is 10.6 Å². The lowest BCUT2D eigenvalue weighted by Crippen LogP contribution is -2.37. The number of phenols is 1. The number of carbonyl (C=O) groups excluding carboxylic acids is 2. The number of nitrogens with one attached hydrogen (secondary N) is 2. The number of phenolic OH excluding ortho intramolecular Hbond substituents is 1. The van der Waals surface area contributed by atoms with Crippen LogP contribution in [0.15, 0.2) is 54.6 Å². The SMILES string of the molecule is CCC(C)NC(=O)n1nc(-c2cc(NC(=O)c3cc4ccccc4s3)ccc2O)cc1C1CCCC1. The van der Waals surface area contributed by atoms with Crippen LogP contribution in [0.3, 0.4) is 0 Å². The summed E-state index contributed by atoms with van der Waals surface area (Å²) < 4.78 is 2.51. The van der Waals surface area contributed by atoms with E-state index in [1.165, 1.54) is 16.0 Å². The molecule has 1 fully saturated rings. The van der Waals surface area contributed by atoms with Crippen molar-refractivity contribution in [2.24, 2.45) is 0 Å². The van der Waals surface area contributed by atoms with Crippen LogP contribution in [0.2, 0.25) is 0 Å². The molecule has 1 aliphatic rings. The molecule has 2 amide bonds. The normalized spacial score (nSPS) is 14.7. The van der Waals surface area contributed by atoms with Crippen LogP contribution in [-0.2, 0) is 0 Å². The summed E-state index contributed by atoms with van der Waals surface area (Å²) in [6, 6.07) is 16.3. The third-order valence-electron chi connectivity index (χ3n) is 6.86. The Morgan fingerprint density at radius 1 is 1.14 bits per heavy atom. The van der Waals surface area contributed by atoms with Crippen molar-refractivity contribution in [3.63, 3.8) is 0 Å². The van der Waals surface area contributed by atoms with Gasteiger partial charge in [0.2, 0.25) is 0 Å². The Balaban J connectivity index is 1.45. The third kappa shape index (κ3) is 4.86. The van der Waals surface area contributed by atoms with E-state index in [9.17, 15) is 14.7 Å². The van der Waals surface area contributed by atoms with Gasteiger partial charge in [-0.1, -0.05) is 38.0 Å². The van der Waals surface area contributed by atoms with Gasteiger partial charge >= 0.3 is 6.03 Å². The number of nitrogens with zero attached hydrogens (tertiary/aromatic N) is 2. The third-order valence-corrected chi connectivity index (χ3v) is 7.98. The van der Waals surface area contributed by atoms with Gasteiger partial charge in [0, 0.05) is 27.9 Å². The Hall–Kier alpha value is -3.65. The van der Waals surface area contributed by atoms with Crippen LogP contribution in [0.4, 0.5) is 10.5 Å². The van der Waals surface area contributed by atoms with Gasteiger partial charge in [-0.3, -0.25) is 4.79 Å². The van der Waals surface area contributed by atoms with Gasteiger partial charge in [-0.2, -0.15) is 9.78 Å². The standard InChI is InChI=1S/C28H30N4O3S/c1-3-17(2)29-28(35)32-23(18-8-4-5-9-18)16-22(31-32)21-15-20(12-13-24(21)33)30-27(34)26-14-19-10-6-7-11-25(19)36-26/h6-7,10-18,33H,3-5,8-9H2,1-2H3,(H,29,35)(H,30,34). The number of thiophene rings is 1. The van der Waals surface area contributed by atoms with Crippen molar-refractivity contribution in [1.29, 1.82) is 0 Å². The second kappa shape index (κ2) is 10.1. The van der Waals surface area contributed by atoms with E-state index in [1.807, 2.05) is 50.2 Å². The number of carbonyl (C=O) groups is 2. The zero-order valence-corrected chi connectivity index (χ0v) is 21.3. The largest absolute Gasteiger partial charge is 0.507 e. The zero-order chi connectivity index (χ0) is 25.2. The minimum Gasteiger partial charge on any atom is -0.507 e. The topological polar surface area (TPSA) is 96.3 Å². The van der Waals surface area contributed by atoms with Crippen molar-refractivity contribution in [3.8, 4) is 17.0 Å². The van der Waals surface area contributed by atoms with Gasteiger partial charge in [-0.15, -0.1) is 11.3 Å². The molecule has 8 heteroatoms. The highest BCUT2D eigenvalue weighted by atomic mass is 32.1. The molecule has 1 atom stereocenters. The van der Waals surface area contributed by atoms with Gasteiger partial charge in [-0.25, -0.2) is 4.79 Å². The predicted octanol–water partition coefficient (Wildman–Crippen LogP) is 6.74. The molecule has 0 aliphatic heterocycles. The zero-order valence-electron chi connectivity index (χ0n) is 20.5. The molecule has 7 nitrogen and oxygen atoms in total. The van der Waals surface area contributed by atoms with Crippen molar-refractivity contribution in [3.05, 3.63) is 65.2 Å². The quantitative estimate of drug-likeness (QED) is 0.255. The highest BCUT2D eigenvalue weighted by Crippen LogP contribution is 2.38. The molecule has 0 saturated heterocycles. The number of anilines is 1.